The summed E-state index contributed by atoms with van der Waals surface area (Å²) in [6.45, 7) is 2.11. The van der Waals surface area contributed by atoms with E-state index in [2.05, 4.69) is 0 Å². The number of rotatable bonds is 8. The average molecular weight is 492 g/mol. The van der Waals surface area contributed by atoms with Gasteiger partial charge in [0.15, 0.2) is 16.4 Å². The van der Waals surface area contributed by atoms with Crippen molar-refractivity contribution in [3.05, 3.63) is 40.3 Å². The standard InChI is InChI=1S/C24H29NO6S2/c1-3-4-10-25(18-9-11-33(28,29)15-18)22(26)14-31-24(27)21-13-17-6-5-16-12-19(30-2)7-8-20(16)23(17)32-21/h7-8,12-13,18H,3-6,9-11,14-15H2,1-2H3. The molecule has 1 saturated heterocycles. The fraction of sp³-hybridized carbons (Fsp3) is 0.500. The topological polar surface area (TPSA) is 90.0 Å². The molecule has 1 amide bonds. The summed E-state index contributed by atoms with van der Waals surface area (Å²) in [5, 5.41) is 0. The molecule has 0 radical (unpaired) electrons. The maximum absolute atomic E-state index is 12.8. The fourth-order valence-corrected chi connectivity index (χ4v) is 7.37. The number of nitrogens with zero attached hydrogens (tertiary/aromatic N) is 1. The molecule has 0 spiro atoms. The van der Waals surface area contributed by atoms with Crippen molar-refractivity contribution in [2.45, 2.75) is 45.1 Å². The molecule has 2 aliphatic rings. The van der Waals surface area contributed by atoms with Crippen molar-refractivity contribution in [1.29, 1.82) is 0 Å². The Hall–Kier alpha value is -2.39. The molecule has 0 N–H and O–H groups in total. The predicted octanol–water partition coefficient (Wildman–Crippen LogP) is 3.49. The van der Waals surface area contributed by atoms with E-state index in [4.69, 9.17) is 9.47 Å². The summed E-state index contributed by atoms with van der Waals surface area (Å²) in [6.07, 6.45) is 3.81. The normalized spacial score (nSPS) is 18.3. The number of fused-ring (bicyclic) bond motifs is 3. The third-order valence-electron chi connectivity index (χ3n) is 6.28. The first-order valence-corrected chi connectivity index (χ1v) is 13.9. The number of hydrogen-bond acceptors (Lipinski definition) is 7. The second kappa shape index (κ2) is 9.85. The number of carbonyl (C=O) groups excluding carboxylic acids is 2. The van der Waals surface area contributed by atoms with E-state index in [1.165, 1.54) is 16.9 Å². The summed E-state index contributed by atoms with van der Waals surface area (Å²) < 4.78 is 34.5. The number of unbranched alkanes of at least 4 members (excludes halogenated alkanes) is 1. The zero-order valence-corrected chi connectivity index (χ0v) is 20.6. The molecule has 33 heavy (non-hydrogen) atoms. The first-order chi connectivity index (χ1) is 15.8. The zero-order chi connectivity index (χ0) is 23.6. The van der Waals surface area contributed by atoms with Gasteiger partial charge in [0.25, 0.3) is 5.91 Å². The van der Waals surface area contributed by atoms with Crippen molar-refractivity contribution >= 4 is 33.1 Å². The van der Waals surface area contributed by atoms with Crippen molar-refractivity contribution in [3.8, 4) is 16.2 Å². The molecule has 2 aromatic rings. The Morgan fingerprint density at radius 3 is 2.67 bits per heavy atom. The maximum atomic E-state index is 12.8. The van der Waals surface area contributed by atoms with E-state index in [9.17, 15) is 18.0 Å². The number of thiophene rings is 1. The highest BCUT2D eigenvalue weighted by molar-refractivity contribution is 7.91. The molecule has 0 saturated carbocycles. The lowest BCUT2D eigenvalue weighted by Crippen LogP contribution is -2.43. The molecule has 1 unspecified atom stereocenters. The van der Waals surface area contributed by atoms with E-state index in [0.717, 1.165) is 47.4 Å². The third kappa shape index (κ3) is 5.24. The van der Waals surface area contributed by atoms with Crippen LogP contribution in [0.5, 0.6) is 5.75 Å². The molecular weight excluding hydrogens is 462 g/mol. The smallest absolute Gasteiger partial charge is 0.348 e. The highest BCUT2D eigenvalue weighted by Gasteiger charge is 2.34. The first kappa shape index (κ1) is 23.8. The fourth-order valence-electron chi connectivity index (χ4n) is 4.48. The molecular formula is C24H29NO6S2. The minimum absolute atomic E-state index is 0.0156. The summed E-state index contributed by atoms with van der Waals surface area (Å²) in [5.74, 6) is 0.0409. The summed E-state index contributed by atoms with van der Waals surface area (Å²) in [4.78, 5) is 28.7. The van der Waals surface area contributed by atoms with Crippen LogP contribution in [0.15, 0.2) is 24.3 Å². The molecule has 2 heterocycles. The number of benzene rings is 1. The predicted molar refractivity (Wildman–Crippen MR) is 128 cm³/mol. The second-order valence-corrected chi connectivity index (χ2v) is 11.8. The van der Waals surface area contributed by atoms with E-state index in [-0.39, 0.29) is 30.1 Å². The Morgan fingerprint density at radius 1 is 1.18 bits per heavy atom. The lowest BCUT2D eigenvalue weighted by Gasteiger charge is -2.28. The van der Waals surface area contributed by atoms with E-state index < -0.39 is 15.8 Å². The van der Waals surface area contributed by atoms with E-state index in [1.54, 1.807) is 12.0 Å². The van der Waals surface area contributed by atoms with Gasteiger partial charge in [-0.3, -0.25) is 4.79 Å². The van der Waals surface area contributed by atoms with Crippen LogP contribution in [-0.4, -0.2) is 63.0 Å². The van der Waals surface area contributed by atoms with Gasteiger partial charge in [-0.15, -0.1) is 11.3 Å². The van der Waals surface area contributed by atoms with Crippen LogP contribution in [0, 0.1) is 0 Å². The monoisotopic (exact) mass is 491 g/mol. The maximum Gasteiger partial charge on any atom is 0.348 e. The lowest BCUT2D eigenvalue weighted by molar-refractivity contribution is -0.136. The van der Waals surface area contributed by atoms with Crippen LogP contribution >= 0.6 is 11.3 Å². The average Bonchev–Trinajstić information content (AvgIpc) is 3.40. The van der Waals surface area contributed by atoms with Gasteiger partial charge in [-0.25, -0.2) is 13.2 Å². The number of hydrogen-bond donors (Lipinski definition) is 0. The number of carbonyl (C=O) groups is 2. The Morgan fingerprint density at radius 2 is 1.97 bits per heavy atom. The van der Waals surface area contributed by atoms with Crippen molar-refractivity contribution in [3.63, 3.8) is 0 Å². The van der Waals surface area contributed by atoms with Crippen LogP contribution in [-0.2, 0) is 32.2 Å². The van der Waals surface area contributed by atoms with Gasteiger partial charge in [-0.1, -0.05) is 13.3 Å². The number of sulfone groups is 1. The van der Waals surface area contributed by atoms with E-state index in [0.29, 0.717) is 17.8 Å². The van der Waals surface area contributed by atoms with Crippen LogP contribution in [0.1, 0.15) is 47.0 Å². The van der Waals surface area contributed by atoms with Gasteiger partial charge in [0.1, 0.15) is 10.6 Å². The Kier molecular flexibility index (Phi) is 7.09. The number of esters is 1. The van der Waals surface area contributed by atoms with Crippen molar-refractivity contribution in [1.82, 2.24) is 4.90 Å². The van der Waals surface area contributed by atoms with Gasteiger partial charge in [-0.05, 0) is 66.6 Å². The molecule has 1 aromatic heterocycles. The van der Waals surface area contributed by atoms with Crippen molar-refractivity contribution in [2.24, 2.45) is 0 Å². The van der Waals surface area contributed by atoms with Gasteiger partial charge < -0.3 is 14.4 Å². The highest BCUT2D eigenvalue weighted by Crippen LogP contribution is 2.41. The van der Waals surface area contributed by atoms with Crippen LogP contribution in [0.4, 0.5) is 0 Å². The molecule has 1 fully saturated rings. The largest absolute Gasteiger partial charge is 0.497 e. The van der Waals surface area contributed by atoms with Crippen molar-refractivity contribution in [2.75, 3.05) is 31.8 Å². The Balaban J connectivity index is 1.43. The molecule has 178 valence electrons. The number of ether oxygens (including phenoxy) is 2. The molecule has 9 heteroatoms. The minimum atomic E-state index is -3.11. The highest BCUT2D eigenvalue weighted by atomic mass is 32.2. The van der Waals surface area contributed by atoms with E-state index >= 15 is 0 Å². The SMILES string of the molecule is CCCCN(C(=O)COC(=O)c1cc2c(s1)-c1ccc(OC)cc1CC2)C1CCS(=O)(=O)C1. The van der Waals surface area contributed by atoms with Gasteiger partial charge in [-0.2, -0.15) is 0 Å². The third-order valence-corrected chi connectivity index (χ3v) is 9.22. The van der Waals surface area contributed by atoms with Gasteiger partial charge in [0.05, 0.1) is 18.6 Å². The van der Waals surface area contributed by atoms with Crippen LogP contribution in [0.3, 0.4) is 0 Å². The first-order valence-electron chi connectivity index (χ1n) is 11.3. The number of methoxy groups -OCH3 is 1. The van der Waals surface area contributed by atoms with Gasteiger partial charge in [0, 0.05) is 17.5 Å². The lowest BCUT2D eigenvalue weighted by atomic mass is 9.91. The van der Waals surface area contributed by atoms with Crippen LogP contribution in [0.25, 0.3) is 10.4 Å². The Labute approximate surface area is 198 Å². The molecule has 7 nitrogen and oxygen atoms in total. The zero-order valence-electron chi connectivity index (χ0n) is 19.0. The quantitative estimate of drug-likeness (QED) is 0.525. The van der Waals surface area contributed by atoms with E-state index in [1.807, 2.05) is 31.2 Å². The molecule has 1 aliphatic heterocycles. The molecule has 1 aliphatic carbocycles. The second-order valence-electron chi connectivity index (χ2n) is 8.56. The minimum Gasteiger partial charge on any atom is -0.497 e. The number of aryl methyl sites for hydroxylation is 2. The summed E-state index contributed by atoms with van der Waals surface area (Å²) in [7, 11) is -1.47. The van der Waals surface area contributed by atoms with Gasteiger partial charge >= 0.3 is 5.97 Å². The van der Waals surface area contributed by atoms with Crippen molar-refractivity contribution < 1.29 is 27.5 Å². The molecule has 0 bridgehead atoms. The molecule has 4 rings (SSSR count). The molecule has 1 atom stereocenters. The summed E-state index contributed by atoms with van der Waals surface area (Å²) >= 11 is 1.38. The summed E-state index contributed by atoms with van der Waals surface area (Å²) in [6, 6.07) is 7.48. The molecule has 1 aromatic carbocycles. The Bertz CT molecular complexity index is 1150. The number of amides is 1. The van der Waals surface area contributed by atoms with Gasteiger partial charge in [0.2, 0.25) is 0 Å². The van der Waals surface area contributed by atoms with Crippen LogP contribution < -0.4 is 4.74 Å². The summed E-state index contributed by atoms with van der Waals surface area (Å²) in [5.41, 5.74) is 3.40. The van der Waals surface area contributed by atoms with Crippen LogP contribution in [0.2, 0.25) is 0 Å².